The Labute approximate surface area is 77.2 Å². The lowest BCUT2D eigenvalue weighted by atomic mass is 9.95. The molecule has 0 fully saturated rings. The van der Waals surface area contributed by atoms with Gasteiger partial charge in [0.25, 0.3) is 0 Å². The maximum atomic E-state index is 9.02. The fourth-order valence-electron chi connectivity index (χ4n) is 1.55. The van der Waals surface area contributed by atoms with Crippen LogP contribution in [-0.2, 0) is 0 Å². The van der Waals surface area contributed by atoms with E-state index in [9.17, 15) is 0 Å². The van der Waals surface area contributed by atoms with Crippen LogP contribution in [0.1, 0.15) is 52.9 Å². The molecule has 0 heterocycles. The van der Waals surface area contributed by atoms with Crippen molar-refractivity contribution in [2.45, 2.75) is 52.9 Å². The van der Waals surface area contributed by atoms with Crippen LogP contribution in [0.15, 0.2) is 0 Å². The molecule has 0 amide bonds. The Morgan fingerprint density at radius 1 is 1.08 bits per heavy atom. The van der Waals surface area contributed by atoms with Gasteiger partial charge in [-0.05, 0) is 24.7 Å². The second-order valence-electron chi connectivity index (χ2n) is 4.16. The predicted octanol–water partition coefficient (Wildman–Crippen LogP) is 3.22. The molecule has 74 valence electrons. The van der Waals surface area contributed by atoms with Crippen LogP contribution >= 0.6 is 0 Å². The van der Waals surface area contributed by atoms with Crippen molar-refractivity contribution in [3.63, 3.8) is 0 Å². The molecule has 0 saturated heterocycles. The van der Waals surface area contributed by atoms with Gasteiger partial charge in [0, 0.05) is 6.61 Å². The van der Waals surface area contributed by atoms with Crippen LogP contribution in [0.4, 0.5) is 0 Å². The lowest BCUT2D eigenvalue weighted by Crippen LogP contribution is -2.05. The summed E-state index contributed by atoms with van der Waals surface area (Å²) in [7, 11) is 0. The first-order valence-corrected chi connectivity index (χ1v) is 5.31. The number of aliphatic hydroxyl groups excluding tert-OH is 1. The summed E-state index contributed by atoms with van der Waals surface area (Å²) >= 11 is 0. The smallest absolute Gasteiger partial charge is 0.0459 e. The predicted molar refractivity (Wildman–Crippen MR) is 54.2 cm³/mol. The Morgan fingerprint density at radius 3 is 2.17 bits per heavy atom. The molecule has 0 aliphatic rings. The lowest BCUT2D eigenvalue weighted by molar-refractivity contribution is 0.205. The van der Waals surface area contributed by atoms with E-state index in [1.165, 1.54) is 32.1 Å². The number of hydrogen-bond acceptors (Lipinski definition) is 1. The summed E-state index contributed by atoms with van der Waals surface area (Å²) < 4.78 is 0. The van der Waals surface area contributed by atoms with Gasteiger partial charge in [-0.2, -0.15) is 0 Å². The summed E-state index contributed by atoms with van der Waals surface area (Å²) in [6.07, 6.45) is 6.19. The van der Waals surface area contributed by atoms with Crippen LogP contribution in [0.25, 0.3) is 0 Å². The summed E-state index contributed by atoms with van der Waals surface area (Å²) in [5, 5.41) is 9.02. The first kappa shape index (κ1) is 12.0. The molecule has 1 N–H and O–H groups in total. The van der Waals surface area contributed by atoms with Crippen LogP contribution in [0.5, 0.6) is 0 Å². The minimum absolute atomic E-state index is 0.381. The van der Waals surface area contributed by atoms with E-state index in [-0.39, 0.29) is 0 Å². The van der Waals surface area contributed by atoms with Crippen LogP contribution in [0.3, 0.4) is 0 Å². The van der Waals surface area contributed by atoms with E-state index in [4.69, 9.17) is 5.11 Å². The van der Waals surface area contributed by atoms with Crippen molar-refractivity contribution in [1.29, 1.82) is 0 Å². The van der Waals surface area contributed by atoms with E-state index in [0.29, 0.717) is 12.5 Å². The topological polar surface area (TPSA) is 20.2 Å². The zero-order valence-electron chi connectivity index (χ0n) is 8.84. The average molecular weight is 172 g/mol. The quantitative estimate of drug-likeness (QED) is 0.625. The second kappa shape index (κ2) is 7.60. The molecular weight excluding hydrogens is 148 g/mol. The van der Waals surface area contributed by atoms with Gasteiger partial charge in [0.1, 0.15) is 0 Å². The Morgan fingerprint density at radius 2 is 1.75 bits per heavy atom. The van der Waals surface area contributed by atoms with Gasteiger partial charge in [0.15, 0.2) is 0 Å². The van der Waals surface area contributed by atoms with Crippen molar-refractivity contribution < 1.29 is 5.11 Å². The maximum Gasteiger partial charge on any atom is 0.0459 e. The summed E-state index contributed by atoms with van der Waals surface area (Å²) in [5.74, 6) is 1.37. The van der Waals surface area contributed by atoms with Crippen LogP contribution in [0.2, 0.25) is 0 Å². The number of aliphatic hydroxyl groups is 1. The third-order valence-corrected chi connectivity index (χ3v) is 2.35. The Hall–Kier alpha value is -0.0400. The van der Waals surface area contributed by atoms with Gasteiger partial charge in [-0.1, -0.05) is 40.0 Å². The minimum atomic E-state index is 0.381. The van der Waals surface area contributed by atoms with Gasteiger partial charge in [-0.25, -0.2) is 0 Å². The van der Waals surface area contributed by atoms with Crippen molar-refractivity contribution in [2.75, 3.05) is 6.61 Å². The molecule has 0 radical (unpaired) electrons. The summed E-state index contributed by atoms with van der Waals surface area (Å²) in [5.41, 5.74) is 0. The number of rotatable bonds is 7. The zero-order valence-corrected chi connectivity index (χ0v) is 8.84. The second-order valence-corrected chi connectivity index (χ2v) is 4.16. The molecule has 1 atom stereocenters. The Kier molecular flexibility index (Phi) is 7.58. The van der Waals surface area contributed by atoms with Crippen LogP contribution in [-0.4, -0.2) is 11.7 Å². The van der Waals surface area contributed by atoms with Gasteiger partial charge in [-0.15, -0.1) is 0 Å². The largest absolute Gasteiger partial charge is 0.396 e. The molecule has 0 aromatic carbocycles. The van der Waals surface area contributed by atoms with Crippen molar-refractivity contribution in [3.05, 3.63) is 0 Å². The van der Waals surface area contributed by atoms with E-state index in [2.05, 4.69) is 20.8 Å². The van der Waals surface area contributed by atoms with Crippen molar-refractivity contribution in [2.24, 2.45) is 11.8 Å². The zero-order chi connectivity index (χ0) is 9.40. The highest BCUT2D eigenvalue weighted by Gasteiger charge is 2.05. The third-order valence-electron chi connectivity index (χ3n) is 2.35. The maximum absolute atomic E-state index is 9.02. The highest BCUT2D eigenvalue weighted by Crippen LogP contribution is 2.16. The van der Waals surface area contributed by atoms with Gasteiger partial charge in [-0.3, -0.25) is 0 Å². The number of hydrogen-bond donors (Lipinski definition) is 1. The van der Waals surface area contributed by atoms with Crippen LogP contribution in [0, 0.1) is 11.8 Å². The van der Waals surface area contributed by atoms with Crippen molar-refractivity contribution in [3.8, 4) is 0 Å². The molecule has 0 unspecified atom stereocenters. The summed E-state index contributed by atoms with van der Waals surface area (Å²) in [6.45, 7) is 7.08. The molecule has 0 bridgehead atoms. The fraction of sp³-hybridized carbons (Fsp3) is 1.00. The summed E-state index contributed by atoms with van der Waals surface area (Å²) in [6, 6.07) is 0. The minimum Gasteiger partial charge on any atom is -0.396 e. The highest BCUT2D eigenvalue weighted by molar-refractivity contribution is 4.58. The van der Waals surface area contributed by atoms with E-state index in [0.717, 1.165) is 5.92 Å². The fourth-order valence-corrected chi connectivity index (χ4v) is 1.55. The van der Waals surface area contributed by atoms with Gasteiger partial charge >= 0.3 is 0 Å². The molecular formula is C11H24O. The molecule has 12 heavy (non-hydrogen) atoms. The standard InChI is InChI=1S/C11H24O/c1-4-6-11(9-12)8-5-7-10(2)3/h10-12H,4-9H2,1-3H3/t11-/m1/s1. The molecule has 0 aliphatic carbocycles. The first-order chi connectivity index (χ1) is 5.70. The monoisotopic (exact) mass is 172 g/mol. The van der Waals surface area contributed by atoms with Crippen molar-refractivity contribution >= 4 is 0 Å². The average Bonchev–Trinajstić information content (AvgIpc) is 2.02. The van der Waals surface area contributed by atoms with Gasteiger partial charge in [0.05, 0.1) is 0 Å². The molecule has 0 aromatic heterocycles. The lowest BCUT2D eigenvalue weighted by Gasteiger charge is -2.13. The van der Waals surface area contributed by atoms with E-state index in [1.807, 2.05) is 0 Å². The van der Waals surface area contributed by atoms with E-state index >= 15 is 0 Å². The molecule has 0 aliphatic heterocycles. The van der Waals surface area contributed by atoms with E-state index < -0.39 is 0 Å². The van der Waals surface area contributed by atoms with Gasteiger partial charge < -0.3 is 5.11 Å². The molecule has 1 heteroatoms. The molecule has 0 rings (SSSR count). The van der Waals surface area contributed by atoms with Gasteiger partial charge in [0.2, 0.25) is 0 Å². The molecule has 0 aromatic rings. The molecule has 0 saturated carbocycles. The first-order valence-electron chi connectivity index (χ1n) is 5.31. The third kappa shape index (κ3) is 6.66. The molecule has 1 nitrogen and oxygen atoms in total. The van der Waals surface area contributed by atoms with E-state index in [1.54, 1.807) is 0 Å². The van der Waals surface area contributed by atoms with Crippen molar-refractivity contribution in [1.82, 2.24) is 0 Å². The highest BCUT2D eigenvalue weighted by atomic mass is 16.3. The Balaban J connectivity index is 3.31. The Bertz CT molecular complexity index is 89.0. The molecule has 0 spiro atoms. The normalized spacial score (nSPS) is 13.8. The summed E-state index contributed by atoms with van der Waals surface area (Å²) in [4.78, 5) is 0. The van der Waals surface area contributed by atoms with Crippen LogP contribution < -0.4 is 0 Å². The SMILES string of the molecule is CCC[C@@H](CO)CCCC(C)C.